The van der Waals surface area contributed by atoms with Gasteiger partial charge in [-0.1, -0.05) is 17.7 Å². The van der Waals surface area contributed by atoms with Crippen molar-refractivity contribution in [3.8, 4) is 11.1 Å². The lowest BCUT2D eigenvalue weighted by Gasteiger charge is -2.06. The Labute approximate surface area is 106 Å². The quantitative estimate of drug-likeness (QED) is 0.894. The van der Waals surface area contributed by atoms with Gasteiger partial charge in [0.2, 0.25) is 0 Å². The Balaban J connectivity index is 2.58. The van der Waals surface area contributed by atoms with Gasteiger partial charge in [-0.15, -0.1) is 0 Å². The maximum absolute atomic E-state index is 13.6. The minimum absolute atomic E-state index is 0.168. The second-order valence-corrected chi connectivity index (χ2v) is 4.06. The average molecular weight is 269 g/mol. The molecular weight excluding hydrogens is 262 g/mol. The van der Waals surface area contributed by atoms with Crippen LogP contribution in [-0.2, 0) is 0 Å². The molecule has 18 heavy (non-hydrogen) atoms. The molecule has 2 aromatic carbocycles. The molecule has 0 unspecified atom stereocenters. The van der Waals surface area contributed by atoms with Gasteiger partial charge in [0, 0.05) is 10.6 Å². The van der Waals surface area contributed by atoms with Gasteiger partial charge in [0.25, 0.3) is 0 Å². The summed E-state index contributed by atoms with van der Waals surface area (Å²) in [5, 5.41) is 9.03. The lowest BCUT2D eigenvalue weighted by molar-refractivity contribution is 0.0692. The molecule has 92 valence electrons. The van der Waals surface area contributed by atoms with Crippen molar-refractivity contribution in [3.05, 3.63) is 58.6 Å². The first kappa shape index (κ1) is 12.5. The van der Waals surface area contributed by atoms with Crippen LogP contribution in [0.4, 0.5) is 8.78 Å². The Morgan fingerprint density at radius 2 is 1.78 bits per heavy atom. The Bertz CT molecular complexity index is 626. The van der Waals surface area contributed by atoms with Gasteiger partial charge in [-0.3, -0.25) is 0 Å². The zero-order valence-electron chi connectivity index (χ0n) is 8.95. The number of rotatable bonds is 2. The largest absolute Gasteiger partial charge is 0.478 e. The molecule has 2 rings (SSSR count). The van der Waals surface area contributed by atoms with Gasteiger partial charge in [-0.2, -0.15) is 0 Å². The van der Waals surface area contributed by atoms with Gasteiger partial charge in [-0.25, -0.2) is 13.6 Å². The van der Waals surface area contributed by atoms with Crippen LogP contribution in [0.2, 0.25) is 5.02 Å². The first-order valence-corrected chi connectivity index (χ1v) is 5.35. The summed E-state index contributed by atoms with van der Waals surface area (Å²) in [6, 6.07) is 7.39. The molecule has 0 aromatic heterocycles. The summed E-state index contributed by atoms with van der Waals surface area (Å²) in [6.45, 7) is 0. The van der Waals surface area contributed by atoms with Crippen molar-refractivity contribution in [3.63, 3.8) is 0 Å². The molecule has 0 radical (unpaired) electrons. The molecule has 0 heterocycles. The highest BCUT2D eigenvalue weighted by molar-refractivity contribution is 6.30. The zero-order valence-corrected chi connectivity index (χ0v) is 9.71. The fourth-order valence-corrected chi connectivity index (χ4v) is 1.74. The molecule has 5 heteroatoms. The molecule has 0 aliphatic carbocycles. The van der Waals surface area contributed by atoms with Crippen LogP contribution in [0.1, 0.15) is 10.4 Å². The molecule has 2 nitrogen and oxygen atoms in total. The maximum atomic E-state index is 13.6. The van der Waals surface area contributed by atoms with Crippen LogP contribution < -0.4 is 0 Å². The molecule has 2 aromatic rings. The molecule has 0 fully saturated rings. The Morgan fingerprint density at radius 3 is 2.39 bits per heavy atom. The van der Waals surface area contributed by atoms with Crippen LogP contribution in [0.15, 0.2) is 36.4 Å². The van der Waals surface area contributed by atoms with Gasteiger partial charge in [0.05, 0.1) is 5.56 Å². The summed E-state index contributed by atoms with van der Waals surface area (Å²) in [4.78, 5) is 10.8. The topological polar surface area (TPSA) is 37.3 Å². The predicted molar refractivity (Wildman–Crippen MR) is 63.8 cm³/mol. The average Bonchev–Trinajstić information content (AvgIpc) is 2.30. The van der Waals surface area contributed by atoms with E-state index < -0.39 is 23.2 Å². The number of carboxylic acid groups (broad SMARTS) is 1. The first-order valence-electron chi connectivity index (χ1n) is 4.97. The first-order chi connectivity index (χ1) is 8.49. The van der Waals surface area contributed by atoms with Crippen molar-refractivity contribution in [2.24, 2.45) is 0 Å². The number of hydrogen-bond donors (Lipinski definition) is 1. The molecule has 0 spiro atoms. The minimum atomic E-state index is -1.40. The summed E-state index contributed by atoms with van der Waals surface area (Å²) in [6.07, 6.45) is 0. The second kappa shape index (κ2) is 4.74. The Kier molecular flexibility index (Phi) is 3.30. The van der Waals surface area contributed by atoms with E-state index >= 15 is 0 Å². The van der Waals surface area contributed by atoms with E-state index in [9.17, 15) is 13.6 Å². The fraction of sp³-hybridized carbons (Fsp3) is 0. The number of hydrogen-bond acceptors (Lipinski definition) is 1. The van der Waals surface area contributed by atoms with Crippen LogP contribution in [0.3, 0.4) is 0 Å². The summed E-state index contributed by atoms with van der Waals surface area (Å²) in [5.74, 6) is -2.85. The van der Waals surface area contributed by atoms with Crippen LogP contribution in [0, 0.1) is 11.6 Å². The van der Waals surface area contributed by atoms with Crippen LogP contribution in [-0.4, -0.2) is 11.1 Å². The van der Waals surface area contributed by atoms with E-state index in [0.29, 0.717) is 0 Å². The summed E-state index contributed by atoms with van der Waals surface area (Å²) >= 11 is 5.62. The van der Waals surface area contributed by atoms with Gasteiger partial charge >= 0.3 is 5.97 Å². The third-order valence-electron chi connectivity index (χ3n) is 2.44. The lowest BCUT2D eigenvalue weighted by atomic mass is 10.0. The maximum Gasteiger partial charge on any atom is 0.338 e. The SMILES string of the molecule is O=C(O)c1cc(-c2ccc(Cl)cc2F)ccc1F. The number of carbonyl (C=O) groups is 1. The molecular formula is C13H7ClF2O2. The third kappa shape index (κ3) is 2.33. The molecule has 0 aliphatic heterocycles. The van der Waals surface area contributed by atoms with Crippen molar-refractivity contribution in [2.75, 3.05) is 0 Å². The highest BCUT2D eigenvalue weighted by Gasteiger charge is 2.13. The van der Waals surface area contributed by atoms with Gasteiger partial charge in [0.1, 0.15) is 11.6 Å². The minimum Gasteiger partial charge on any atom is -0.478 e. The van der Waals surface area contributed by atoms with E-state index in [1.54, 1.807) is 0 Å². The van der Waals surface area contributed by atoms with Crippen molar-refractivity contribution in [1.29, 1.82) is 0 Å². The van der Waals surface area contributed by atoms with Crippen molar-refractivity contribution in [1.82, 2.24) is 0 Å². The molecule has 0 amide bonds. The molecule has 0 atom stereocenters. The van der Waals surface area contributed by atoms with E-state index in [0.717, 1.165) is 18.2 Å². The normalized spacial score (nSPS) is 10.4. The van der Waals surface area contributed by atoms with Gasteiger partial charge in [0.15, 0.2) is 0 Å². The van der Waals surface area contributed by atoms with Gasteiger partial charge < -0.3 is 5.11 Å². The monoisotopic (exact) mass is 268 g/mol. The smallest absolute Gasteiger partial charge is 0.338 e. The van der Waals surface area contributed by atoms with E-state index in [2.05, 4.69) is 0 Å². The predicted octanol–water partition coefficient (Wildman–Crippen LogP) is 3.98. The van der Waals surface area contributed by atoms with E-state index in [1.807, 2.05) is 0 Å². The van der Waals surface area contributed by atoms with Gasteiger partial charge in [-0.05, 0) is 35.9 Å². The molecule has 0 saturated heterocycles. The standard InChI is InChI=1S/C13H7ClF2O2/c14-8-2-3-9(12(16)6-8)7-1-4-11(15)10(5-7)13(17)18/h1-6H,(H,17,18). The van der Waals surface area contributed by atoms with Crippen molar-refractivity contribution >= 4 is 17.6 Å². The third-order valence-corrected chi connectivity index (χ3v) is 2.67. The van der Waals surface area contributed by atoms with Crippen LogP contribution in [0.25, 0.3) is 11.1 Å². The molecule has 0 saturated carbocycles. The Morgan fingerprint density at radius 1 is 1.06 bits per heavy atom. The van der Waals surface area contributed by atoms with Crippen molar-refractivity contribution in [2.45, 2.75) is 0 Å². The summed E-state index contributed by atoms with van der Waals surface area (Å²) in [5.41, 5.74) is -0.0493. The highest BCUT2D eigenvalue weighted by atomic mass is 35.5. The van der Waals surface area contributed by atoms with Crippen molar-refractivity contribution < 1.29 is 18.7 Å². The highest BCUT2D eigenvalue weighted by Crippen LogP contribution is 2.26. The summed E-state index contributed by atoms with van der Waals surface area (Å²) in [7, 11) is 0. The Hall–Kier alpha value is -1.94. The lowest BCUT2D eigenvalue weighted by Crippen LogP contribution is -2.00. The second-order valence-electron chi connectivity index (χ2n) is 3.62. The number of benzene rings is 2. The van der Waals surface area contributed by atoms with E-state index in [4.69, 9.17) is 16.7 Å². The zero-order chi connectivity index (χ0) is 13.3. The summed E-state index contributed by atoms with van der Waals surface area (Å²) < 4.78 is 26.8. The van der Waals surface area contributed by atoms with Crippen LogP contribution >= 0.6 is 11.6 Å². The van der Waals surface area contributed by atoms with Crippen LogP contribution in [0.5, 0.6) is 0 Å². The molecule has 0 aliphatic rings. The fourth-order valence-electron chi connectivity index (χ4n) is 1.58. The molecule has 1 N–H and O–H groups in total. The number of halogens is 3. The van der Waals surface area contributed by atoms with E-state index in [1.165, 1.54) is 18.2 Å². The number of aromatic carboxylic acids is 1. The molecule has 0 bridgehead atoms. The van der Waals surface area contributed by atoms with E-state index in [-0.39, 0.29) is 16.1 Å². The number of carboxylic acids is 1.